The van der Waals surface area contributed by atoms with Gasteiger partial charge >= 0.3 is 5.97 Å². The molecule has 2 aromatic rings. The van der Waals surface area contributed by atoms with Gasteiger partial charge in [0.1, 0.15) is 10.1 Å². The van der Waals surface area contributed by atoms with Gasteiger partial charge in [-0.15, -0.1) is 0 Å². The Bertz CT molecular complexity index is 1070. The Balaban J connectivity index is 1.69. The zero-order chi connectivity index (χ0) is 23.3. The monoisotopic (exact) mass is 473 g/mol. The number of amides is 1. The zero-order valence-electron chi connectivity index (χ0n) is 17.9. The van der Waals surface area contributed by atoms with Crippen LogP contribution in [0.4, 0.5) is 0 Å². The van der Waals surface area contributed by atoms with E-state index in [2.05, 4.69) is 0 Å². The van der Waals surface area contributed by atoms with E-state index in [9.17, 15) is 9.59 Å². The van der Waals surface area contributed by atoms with Gasteiger partial charge in [-0.25, -0.2) is 4.79 Å². The average molecular weight is 474 g/mol. The highest BCUT2D eigenvalue weighted by molar-refractivity contribution is 8.26. The lowest BCUT2D eigenvalue weighted by atomic mass is 10.1. The SMILES string of the molecule is COc1ccc(CCN2C(=O)/C(=C\c3cccc(OC(C)C(=O)O)c3)SC2=S)cc1OC. The van der Waals surface area contributed by atoms with Crippen LogP contribution in [0.2, 0.25) is 0 Å². The number of hydrogen-bond donors (Lipinski definition) is 1. The van der Waals surface area contributed by atoms with E-state index in [0.29, 0.717) is 39.4 Å². The fourth-order valence-corrected chi connectivity index (χ4v) is 4.36. The number of hydrogen-bond acceptors (Lipinski definition) is 7. The predicted molar refractivity (Wildman–Crippen MR) is 127 cm³/mol. The summed E-state index contributed by atoms with van der Waals surface area (Å²) < 4.78 is 16.5. The first-order chi connectivity index (χ1) is 15.3. The maximum Gasteiger partial charge on any atom is 0.344 e. The van der Waals surface area contributed by atoms with E-state index < -0.39 is 12.1 Å². The van der Waals surface area contributed by atoms with Crippen molar-refractivity contribution in [1.29, 1.82) is 0 Å². The molecule has 0 spiro atoms. The van der Waals surface area contributed by atoms with Gasteiger partial charge in [0.15, 0.2) is 17.6 Å². The second kappa shape index (κ2) is 10.5. The zero-order valence-corrected chi connectivity index (χ0v) is 19.5. The highest BCUT2D eigenvalue weighted by Gasteiger charge is 2.31. The van der Waals surface area contributed by atoms with E-state index in [4.69, 9.17) is 31.5 Å². The van der Waals surface area contributed by atoms with Crippen molar-refractivity contribution in [2.24, 2.45) is 0 Å². The van der Waals surface area contributed by atoms with E-state index in [0.717, 1.165) is 11.1 Å². The third-order valence-corrected chi connectivity index (χ3v) is 6.14. The summed E-state index contributed by atoms with van der Waals surface area (Å²) in [6.45, 7) is 1.90. The van der Waals surface area contributed by atoms with Crippen molar-refractivity contribution in [3.63, 3.8) is 0 Å². The first-order valence-corrected chi connectivity index (χ1v) is 11.0. The summed E-state index contributed by atoms with van der Waals surface area (Å²) in [5.74, 6) is 0.484. The standard InChI is InChI=1S/C23H23NO6S2/c1-14(22(26)27)30-17-6-4-5-16(11-17)13-20-21(25)24(23(31)32-20)10-9-15-7-8-18(28-2)19(12-15)29-3/h4-8,11-14H,9-10H2,1-3H3,(H,26,27)/b20-13+. The van der Waals surface area contributed by atoms with E-state index in [1.165, 1.54) is 18.7 Å². The molecule has 0 bridgehead atoms. The molecule has 1 unspecified atom stereocenters. The molecule has 1 amide bonds. The van der Waals surface area contributed by atoms with Crippen molar-refractivity contribution in [3.8, 4) is 17.2 Å². The Morgan fingerprint density at radius 3 is 2.62 bits per heavy atom. The third kappa shape index (κ3) is 5.60. The summed E-state index contributed by atoms with van der Waals surface area (Å²) in [6.07, 6.45) is 1.37. The first-order valence-electron chi connectivity index (χ1n) is 9.78. The summed E-state index contributed by atoms with van der Waals surface area (Å²) in [4.78, 5) is 26.0. The van der Waals surface area contributed by atoms with Crippen LogP contribution in [0.1, 0.15) is 18.1 Å². The Morgan fingerprint density at radius 1 is 1.19 bits per heavy atom. The molecule has 0 radical (unpaired) electrons. The van der Waals surface area contributed by atoms with Crippen molar-refractivity contribution in [2.75, 3.05) is 20.8 Å². The molecule has 1 atom stereocenters. The van der Waals surface area contributed by atoms with Gasteiger partial charge in [0.05, 0.1) is 19.1 Å². The van der Waals surface area contributed by atoms with Gasteiger partial charge < -0.3 is 19.3 Å². The normalized spacial score (nSPS) is 15.7. The second-order valence-electron chi connectivity index (χ2n) is 6.94. The maximum atomic E-state index is 12.9. The van der Waals surface area contributed by atoms with Gasteiger partial charge in [-0.2, -0.15) is 0 Å². The summed E-state index contributed by atoms with van der Waals surface area (Å²) in [5, 5.41) is 9.01. The number of carboxylic acids is 1. The minimum Gasteiger partial charge on any atom is -0.493 e. The fourth-order valence-electron chi connectivity index (χ4n) is 3.05. The van der Waals surface area contributed by atoms with Crippen LogP contribution < -0.4 is 14.2 Å². The molecule has 9 heteroatoms. The molecule has 1 aliphatic heterocycles. The van der Waals surface area contributed by atoms with E-state index >= 15 is 0 Å². The summed E-state index contributed by atoms with van der Waals surface area (Å²) >= 11 is 6.66. The maximum absolute atomic E-state index is 12.9. The highest BCUT2D eigenvalue weighted by Crippen LogP contribution is 2.34. The van der Waals surface area contributed by atoms with Crippen molar-refractivity contribution in [1.82, 2.24) is 4.90 Å². The van der Waals surface area contributed by atoms with Crippen LogP contribution in [0.3, 0.4) is 0 Å². The van der Waals surface area contributed by atoms with Gasteiger partial charge in [-0.3, -0.25) is 9.69 Å². The van der Waals surface area contributed by atoms with Crippen LogP contribution in [-0.4, -0.2) is 53.1 Å². The summed E-state index contributed by atoms with van der Waals surface area (Å²) in [6, 6.07) is 12.6. The van der Waals surface area contributed by atoms with Crippen molar-refractivity contribution in [2.45, 2.75) is 19.4 Å². The Hall–Kier alpha value is -3.04. The lowest BCUT2D eigenvalue weighted by Gasteiger charge is -2.15. The molecule has 0 saturated carbocycles. The predicted octanol–water partition coefficient (Wildman–Crippen LogP) is 4.00. The lowest BCUT2D eigenvalue weighted by molar-refractivity contribution is -0.144. The van der Waals surface area contributed by atoms with Crippen LogP contribution in [0, 0.1) is 0 Å². The quantitative estimate of drug-likeness (QED) is 0.432. The average Bonchev–Trinajstić information content (AvgIpc) is 3.04. The van der Waals surface area contributed by atoms with E-state index in [1.54, 1.807) is 43.4 Å². The molecule has 2 aromatic carbocycles. The number of rotatable bonds is 9. The number of carbonyl (C=O) groups excluding carboxylic acids is 1. The largest absolute Gasteiger partial charge is 0.493 e. The number of benzene rings is 2. The van der Waals surface area contributed by atoms with Crippen LogP contribution in [0.15, 0.2) is 47.4 Å². The minimum atomic E-state index is -1.05. The number of aliphatic carboxylic acids is 1. The van der Waals surface area contributed by atoms with Crippen LogP contribution >= 0.6 is 24.0 Å². The number of thiocarbonyl (C=S) groups is 1. The first kappa shape index (κ1) is 23.6. The Labute approximate surface area is 196 Å². The van der Waals surface area contributed by atoms with Crippen molar-refractivity contribution >= 4 is 46.3 Å². The summed E-state index contributed by atoms with van der Waals surface area (Å²) in [7, 11) is 3.16. The molecule has 7 nitrogen and oxygen atoms in total. The fraction of sp³-hybridized carbons (Fsp3) is 0.261. The molecule has 3 rings (SSSR count). The number of nitrogens with zero attached hydrogens (tertiary/aromatic N) is 1. The molecule has 1 N–H and O–H groups in total. The number of thioether (sulfide) groups is 1. The van der Waals surface area contributed by atoms with Gasteiger partial charge in [0.25, 0.3) is 5.91 Å². The Morgan fingerprint density at radius 2 is 1.94 bits per heavy atom. The third-order valence-electron chi connectivity index (χ3n) is 4.76. The summed E-state index contributed by atoms with van der Waals surface area (Å²) in [5.41, 5.74) is 1.72. The molecule has 0 aromatic heterocycles. The van der Waals surface area contributed by atoms with Crippen LogP contribution in [0.5, 0.6) is 17.2 Å². The van der Waals surface area contributed by atoms with Gasteiger partial charge in [-0.05, 0) is 54.8 Å². The number of ether oxygens (including phenoxy) is 3. The molecule has 1 fully saturated rings. The molecule has 1 saturated heterocycles. The number of carboxylic acid groups (broad SMARTS) is 1. The van der Waals surface area contributed by atoms with E-state index in [-0.39, 0.29) is 5.91 Å². The molecule has 0 aliphatic carbocycles. The highest BCUT2D eigenvalue weighted by atomic mass is 32.2. The topological polar surface area (TPSA) is 85.3 Å². The van der Waals surface area contributed by atoms with Crippen LogP contribution in [-0.2, 0) is 16.0 Å². The molecular weight excluding hydrogens is 450 g/mol. The smallest absolute Gasteiger partial charge is 0.344 e. The Kier molecular flexibility index (Phi) is 7.76. The van der Waals surface area contributed by atoms with Gasteiger partial charge in [-0.1, -0.05) is 42.2 Å². The van der Waals surface area contributed by atoms with Crippen molar-refractivity contribution in [3.05, 3.63) is 58.5 Å². The number of methoxy groups -OCH3 is 2. The minimum absolute atomic E-state index is 0.161. The van der Waals surface area contributed by atoms with E-state index in [1.807, 2.05) is 24.3 Å². The molecule has 168 valence electrons. The molecule has 1 heterocycles. The van der Waals surface area contributed by atoms with Gasteiger partial charge in [0.2, 0.25) is 0 Å². The molecule has 32 heavy (non-hydrogen) atoms. The second-order valence-corrected chi connectivity index (χ2v) is 8.62. The molecular formula is C23H23NO6S2. The number of carbonyl (C=O) groups is 2. The molecule has 1 aliphatic rings. The van der Waals surface area contributed by atoms with Gasteiger partial charge in [0, 0.05) is 6.54 Å². The van der Waals surface area contributed by atoms with Crippen molar-refractivity contribution < 1.29 is 28.9 Å². The van der Waals surface area contributed by atoms with Crippen LogP contribution in [0.25, 0.3) is 6.08 Å². The lowest BCUT2D eigenvalue weighted by Crippen LogP contribution is -2.30.